The number of aliphatic hydroxyl groups excluding tert-OH is 1. The number of rotatable bonds is 12. The molecule has 0 spiro atoms. The van der Waals surface area contributed by atoms with E-state index in [9.17, 15) is 23.4 Å². The quantitative estimate of drug-likeness (QED) is 0.238. The highest BCUT2D eigenvalue weighted by Crippen LogP contribution is 2.27. The Balaban J connectivity index is 1.45. The van der Waals surface area contributed by atoms with Gasteiger partial charge in [-0.25, -0.2) is 8.42 Å². The van der Waals surface area contributed by atoms with Crippen molar-refractivity contribution in [2.75, 3.05) is 17.5 Å². The van der Waals surface area contributed by atoms with Gasteiger partial charge in [-0.15, -0.1) is 0 Å². The third-order valence-electron chi connectivity index (χ3n) is 5.62. The van der Waals surface area contributed by atoms with Crippen LogP contribution in [-0.4, -0.2) is 43.4 Å². The standard InChI is InChI=1S/C27H33N3O5S/c1-19(28-18-26(32)23-12-13-25(31)24(16-23)30-36(2,34)35)14-20-8-10-21(11-9-20)15-27(33)29-17-22-6-4-3-5-7-22/h3-13,16,19,26,28,30-32H,14-15,17-18H2,1-2H3,(H,29,33)/t19-,26+/m1/s1. The van der Waals surface area contributed by atoms with Crippen LogP contribution in [0.2, 0.25) is 0 Å². The molecule has 0 fully saturated rings. The van der Waals surface area contributed by atoms with Gasteiger partial charge in [0.1, 0.15) is 5.75 Å². The van der Waals surface area contributed by atoms with Crippen LogP contribution >= 0.6 is 0 Å². The molecule has 1 amide bonds. The first-order chi connectivity index (χ1) is 17.1. The number of sulfonamides is 1. The molecule has 0 unspecified atom stereocenters. The van der Waals surface area contributed by atoms with Crippen molar-refractivity contribution in [3.05, 3.63) is 95.1 Å². The number of hydrogen-bond acceptors (Lipinski definition) is 6. The number of benzene rings is 3. The first kappa shape index (κ1) is 27.2. The molecule has 0 heterocycles. The number of phenols is 1. The number of nitrogens with one attached hydrogen (secondary N) is 3. The predicted octanol–water partition coefficient (Wildman–Crippen LogP) is 2.88. The minimum absolute atomic E-state index is 0.0240. The van der Waals surface area contributed by atoms with E-state index in [0.717, 1.165) is 29.4 Å². The second kappa shape index (κ2) is 12.5. The van der Waals surface area contributed by atoms with Crippen LogP contribution in [0.4, 0.5) is 5.69 Å². The minimum Gasteiger partial charge on any atom is -0.506 e. The fourth-order valence-electron chi connectivity index (χ4n) is 3.74. The Morgan fingerprint density at radius 1 is 0.944 bits per heavy atom. The van der Waals surface area contributed by atoms with Crippen molar-refractivity contribution in [3.63, 3.8) is 0 Å². The molecule has 3 aromatic rings. The third kappa shape index (κ3) is 8.99. The zero-order valence-electron chi connectivity index (χ0n) is 20.4. The molecule has 5 N–H and O–H groups in total. The number of amides is 1. The summed E-state index contributed by atoms with van der Waals surface area (Å²) >= 11 is 0. The third-order valence-corrected chi connectivity index (χ3v) is 6.21. The number of phenolic OH excluding ortho intramolecular Hbond substituents is 1. The van der Waals surface area contributed by atoms with Gasteiger partial charge in [-0.2, -0.15) is 0 Å². The summed E-state index contributed by atoms with van der Waals surface area (Å²) in [5.74, 6) is -0.241. The fraction of sp³-hybridized carbons (Fsp3) is 0.296. The Morgan fingerprint density at radius 3 is 2.28 bits per heavy atom. The highest BCUT2D eigenvalue weighted by molar-refractivity contribution is 7.92. The van der Waals surface area contributed by atoms with Crippen LogP contribution in [-0.2, 0) is 34.2 Å². The summed E-state index contributed by atoms with van der Waals surface area (Å²) in [6, 6.07) is 22.0. The van der Waals surface area contributed by atoms with Gasteiger partial charge >= 0.3 is 0 Å². The molecule has 3 aromatic carbocycles. The minimum atomic E-state index is -3.56. The summed E-state index contributed by atoms with van der Waals surface area (Å²) in [6.45, 7) is 2.77. The van der Waals surface area contributed by atoms with Gasteiger partial charge < -0.3 is 20.8 Å². The molecular weight excluding hydrogens is 478 g/mol. The van der Waals surface area contributed by atoms with Crippen molar-refractivity contribution >= 4 is 21.6 Å². The summed E-state index contributed by atoms with van der Waals surface area (Å²) < 4.78 is 25.2. The Bertz CT molecular complexity index is 1250. The number of aliphatic hydroxyl groups is 1. The first-order valence-electron chi connectivity index (χ1n) is 11.7. The van der Waals surface area contributed by atoms with Gasteiger partial charge in [0.2, 0.25) is 15.9 Å². The largest absolute Gasteiger partial charge is 0.506 e. The molecule has 0 aromatic heterocycles. The predicted molar refractivity (Wildman–Crippen MR) is 141 cm³/mol. The molecule has 9 heteroatoms. The summed E-state index contributed by atoms with van der Waals surface area (Å²) in [5, 5.41) is 26.6. The Kier molecular flexibility index (Phi) is 9.46. The van der Waals surface area contributed by atoms with Crippen LogP contribution in [0.25, 0.3) is 0 Å². The number of anilines is 1. The molecule has 36 heavy (non-hydrogen) atoms. The van der Waals surface area contributed by atoms with Crippen molar-refractivity contribution in [2.45, 2.75) is 38.5 Å². The van der Waals surface area contributed by atoms with E-state index in [1.54, 1.807) is 6.07 Å². The SMILES string of the molecule is C[C@H](Cc1ccc(CC(=O)NCc2ccccc2)cc1)NC[C@H](O)c1ccc(O)c(NS(C)(=O)=O)c1. The smallest absolute Gasteiger partial charge is 0.229 e. The summed E-state index contributed by atoms with van der Waals surface area (Å²) in [4.78, 5) is 12.2. The van der Waals surface area contributed by atoms with Gasteiger partial charge in [-0.05, 0) is 47.7 Å². The average Bonchev–Trinajstić information content (AvgIpc) is 2.83. The maximum absolute atomic E-state index is 12.2. The monoisotopic (exact) mass is 511 g/mol. The molecule has 0 aliphatic rings. The highest BCUT2D eigenvalue weighted by Gasteiger charge is 2.14. The molecule has 0 radical (unpaired) electrons. The normalized spacial score (nSPS) is 13.1. The number of aromatic hydroxyl groups is 1. The van der Waals surface area contributed by atoms with Gasteiger partial charge in [0.15, 0.2) is 0 Å². The van der Waals surface area contributed by atoms with Crippen molar-refractivity contribution in [3.8, 4) is 5.75 Å². The first-order valence-corrected chi connectivity index (χ1v) is 13.6. The van der Waals surface area contributed by atoms with Gasteiger partial charge in [0.25, 0.3) is 0 Å². The lowest BCUT2D eigenvalue weighted by molar-refractivity contribution is -0.120. The highest BCUT2D eigenvalue weighted by atomic mass is 32.2. The van der Waals surface area contributed by atoms with Crippen LogP contribution in [0.1, 0.15) is 35.3 Å². The van der Waals surface area contributed by atoms with Gasteiger partial charge in [-0.3, -0.25) is 9.52 Å². The Morgan fingerprint density at radius 2 is 1.61 bits per heavy atom. The van der Waals surface area contributed by atoms with Crippen LogP contribution in [0.3, 0.4) is 0 Å². The molecule has 0 saturated carbocycles. The second-order valence-corrected chi connectivity index (χ2v) is 10.7. The maximum atomic E-state index is 12.2. The van der Waals surface area contributed by atoms with Gasteiger partial charge in [0, 0.05) is 19.1 Å². The summed E-state index contributed by atoms with van der Waals surface area (Å²) in [6.07, 6.45) is 1.15. The van der Waals surface area contributed by atoms with E-state index in [1.165, 1.54) is 12.1 Å². The zero-order valence-corrected chi connectivity index (χ0v) is 21.3. The summed E-state index contributed by atoms with van der Waals surface area (Å²) in [7, 11) is -3.56. The number of carbonyl (C=O) groups excluding carboxylic acids is 1. The second-order valence-electron chi connectivity index (χ2n) is 8.94. The van der Waals surface area contributed by atoms with Crippen molar-refractivity contribution in [1.29, 1.82) is 0 Å². The molecule has 8 nitrogen and oxygen atoms in total. The lowest BCUT2D eigenvalue weighted by Crippen LogP contribution is -2.32. The molecule has 0 aliphatic carbocycles. The van der Waals surface area contributed by atoms with Gasteiger partial charge in [0.05, 0.1) is 24.5 Å². The van der Waals surface area contributed by atoms with Crippen LogP contribution < -0.4 is 15.4 Å². The van der Waals surface area contributed by atoms with E-state index < -0.39 is 16.1 Å². The molecule has 0 bridgehead atoms. The van der Waals surface area contributed by atoms with E-state index in [1.807, 2.05) is 61.5 Å². The molecule has 0 saturated heterocycles. The summed E-state index contributed by atoms with van der Waals surface area (Å²) in [5.41, 5.74) is 3.60. The number of carbonyl (C=O) groups is 1. The van der Waals surface area contributed by atoms with E-state index in [-0.39, 0.29) is 29.9 Å². The van der Waals surface area contributed by atoms with Crippen LogP contribution in [0.15, 0.2) is 72.8 Å². The van der Waals surface area contributed by atoms with E-state index >= 15 is 0 Å². The Labute approximate surface area is 212 Å². The van der Waals surface area contributed by atoms with E-state index in [0.29, 0.717) is 18.5 Å². The molecule has 3 rings (SSSR count). The van der Waals surface area contributed by atoms with Crippen molar-refractivity contribution < 1.29 is 23.4 Å². The number of hydrogen-bond donors (Lipinski definition) is 5. The molecule has 2 atom stereocenters. The molecule has 0 aliphatic heterocycles. The lowest BCUT2D eigenvalue weighted by atomic mass is 10.0. The van der Waals surface area contributed by atoms with E-state index in [4.69, 9.17) is 0 Å². The van der Waals surface area contributed by atoms with E-state index in [2.05, 4.69) is 15.4 Å². The fourth-order valence-corrected chi connectivity index (χ4v) is 4.30. The van der Waals surface area contributed by atoms with Crippen molar-refractivity contribution in [2.24, 2.45) is 0 Å². The molecular formula is C27H33N3O5S. The maximum Gasteiger partial charge on any atom is 0.229 e. The lowest BCUT2D eigenvalue weighted by Gasteiger charge is -2.18. The van der Waals surface area contributed by atoms with Gasteiger partial charge in [-0.1, -0.05) is 60.7 Å². The van der Waals surface area contributed by atoms with Crippen LogP contribution in [0, 0.1) is 0 Å². The topological polar surface area (TPSA) is 128 Å². The zero-order chi connectivity index (χ0) is 26.1. The average molecular weight is 512 g/mol. The van der Waals surface area contributed by atoms with Crippen molar-refractivity contribution in [1.82, 2.24) is 10.6 Å². The van der Waals surface area contributed by atoms with Crippen LogP contribution in [0.5, 0.6) is 5.75 Å². The Hall–Kier alpha value is -3.40. The molecule has 192 valence electrons.